The van der Waals surface area contributed by atoms with Crippen molar-refractivity contribution in [2.75, 3.05) is 7.05 Å². The van der Waals surface area contributed by atoms with Crippen molar-refractivity contribution in [2.24, 2.45) is 5.92 Å². The highest BCUT2D eigenvalue weighted by molar-refractivity contribution is 5.54. The zero-order valence-corrected chi connectivity index (χ0v) is 10.9. The molecule has 2 aromatic rings. The Morgan fingerprint density at radius 1 is 1.41 bits per heavy atom. The summed E-state index contributed by atoms with van der Waals surface area (Å²) in [5.41, 5.74) is 2.50. The Bertz CT molecular complexity index is 475. The summed E-state index contributed by atoms with van der Waals surface area (Å²) in [5.74, 6) is 0.623. The Morgan fingerprint density at radius 3 is 2.94 bits per heavy atom. The number of rotatable bonds is 5. The quantitative estimate of drug-likeness (QED) is 0.857. The molecule has 3 nitrogen and oxygen atoms in total. The Morgan fingerprint density at radius 2 is 2.24 bits per heavy atom. The Kier molecular flexibility index (Phi) is 3.79. The molecule has 1 N–H and O–H groups in total. The maximum atomic E-state index is 4.41. The summed E-state index contributed by atoms with van der Waals surface area (Å²) in [5, 5.41) is 7.83. The lowest BCUT2D eigenvalue weighted by molar-refractivity contribution is 0.386. The molecule has 0 aromatic carbocycles. The maximum Gasteiger partial charge on any atom is 0.0709 e. The van der Waals surface area contributed by atoms with Gasteiger partial charge in [-0.25, -0.2) is 4.52 Å². The van der Waals surface area contributed by atoms with Crippen LogP contribution in [0.25, 0.3) is 5.52 Å². The lowest BCUT2D eigenvalue weighted by atomic mass is 9.92. The first-order valence-corrected chi connectivity index (χ1v) is 6.37. The van der Waals surface area contributed by atoms with Gasteiger partial charge in [0.05, 0.1) is 11.7 Å². The molecule has 2 unspecified atom stereocenters. The van der Waals surface area contributed by atoms with Gasteiger partial charge in [-0.1, -0.05) is 26.3 Å². The van der Waals surface area contributed by atoms with Gasteiger partial charge in [0.15, 0.2) is 0 Å². The molecule has 0 saturated heterocycles. The molecule has 0 fully saturated rings. The summed E-state index contributed by atoms with van der Waals surface area (Å²) in [6.45, 7) is 4.54. The lowest BCUT2D eigenvalue weighted by Gasteiger charge is -2.22. The van der Waals surface area contributed by atoms with Crippen LogP contribution in [0.15, 0.2) is 30.6 Å². The van der Waals surface area contributed by atoms with Gasteiger partial charge in [0.1, 0.15) is 0 Å². The molecule has 2 heterocycles. The minimum atomic E-state index is 0.384. The number of nitrogens with zero attached hydrogens (tertiary/aromatic N) is 2. The Hall–Kier alpha value is -1.35. The van der Waals surface area contributed by atoms with Crippen LogP contribution in [0, 0.1) is 5.92 Å². The van der Waals surface area contributed by atoms with Crippen LogP contribution in [0.5, 0.6) is 0 Å². The van der Waals surface area contributed by atoms with Crippen molar-refractivity contribution < 1.29 is 0 Å². The second-order valence-electron chi connectivity index (χ2n) is 4.66. The fourth-order valence-electron chi connectivity index (χ4n) is 2.56. The average Bonchev–Trinajstić information content (AvgIpc) is 2.75. The highest BCUT2D eigenvalue weighted by Gasteiger charge is 2.20. The normalized spacial score (nSPS) is 15.0. The Balaban J connectivity index is 2.36. The number of hydrogen-bond acceptors (Lipinski definition) is 2. The van der Waals surface area contributed by atoms with Gasteiger partial charge >= 0.3 is 0 Å². The summed E-state index contributed by atoms with van der Waals surface area (Å²) in [6, 6.07) is 6.59. The van der Waals surface area contributed by atoms with Crippen LogP contribution in [-0.2, 0) is 0 Å². The smallest absolute Gasteiger partial charge is 0.0709 e. The molecule has 2 atom stereocenters. The van der Waals surface area contributed by atoms with E-state index in [-0.39, 0.29) is 0 Å². The van der Waals surface area contributed by atoms with E-state index in [0.29, 0.717) is 12.0 Å². The van der Waals surface area contributed by atoms with Gasteiger partial charge in [-0.2, -0.15) is 5.10 Å². The van der Waals surface area contributed by atoms with Crippen LogP contribution >= 0.6 is 0 Å². The number of pyridine rings is 1. The molecule has 0 saturated carbocycles. The molecule has 0 aliphatic carbocycles. The monoisotopic (exact) mass is 231 g/mol. The third-order valence-electron chi connectivity index (χ3n) is 3.42. The second-order valence-corrected chi connectivity index (χ2v) is 4.66. The largest absolute Gasteiger partial charge is 0.313 e. The van der Waals surface area contributed by atoms with Crippen molar-refractivity contribution in [1.82, 2.24) is 14.9 Å². The molecule has 0 amide bonds. The van der Waals surface area contributed by atoms with Crippen molar-refractivity contribution in [3.05, 3.63) is 36.2 Å². The maximum absolute atomic E-state index is 4.41. The average molecular weight is 231 g/mol. The van der Waals surface area contributed by atoms with Crippen LogP contribution in [0.2, 0.25) is 0 Å². The van der Waals surface area contributed by atoms with E-state index in [0.717, 1.165) is 0 Å². The molecule has 0 bridgehead atoms. The molecule has 2 rings (SSSR count). The summed E-state index contributed by atoms with van der Waals surface area (Å²) in [4.78, 5) is 0. The van der Waals surface area contributed by atoms with Gasteiger partial charge < -0.3 is 5.32 Å². The van der Waals surface area contributed by atoms with Gasteiger partial charge in [0, 0.05) is 17.8 Å². The van der Waals surface area contributed by atoms with Gasteiger partial charge in [-0.05, 0) is 31.5 Å². The van der Waals surface area contributed by atoms with E-state index >= 15 is 0 Å². The first-order chi connectivity index (χ1) is 8.27. The van der Waals surface area contributed by atoms with E-state index in [1.807, 2.05) is 30.0 Å². The number of fused-ring (bicyclic) bond motifs is 1. The van der Waals surface area contributed by atoms with Crippen molar-refractivity contribution in [3.63, 3.8) is 0 Å². The van der Waals surface area contributed by atoms with Gasteiger partial charge in [-0.3, -0.25) is 0 Å². The van der Waals surface area contributed by atoms with Crippen LogP contribution < -0.4 is 5.32 Å². The molecule has 0 aliphatic rings. The summed E-state index contributed by atoms with van der Waals surface area (Å²) in [7, 11) is 2.03. The minimum absolute atomic E-state index is 0.384. The fraction of sp³-hybridized carbons (Fsp3) is 0.500. The van der Waals surface area contributed by atoms with Crippen molar-refractivity contribution >= 4 is 5.52 Å². The Labute approximate surface area is 103 Å². The molecule has 3 heteroatoms. The summed E-state index contributed by atoms with van der Waals surface area (Å²) < 4.78 is 1.94. The van der Waals surface area contributed by atoms with E-state index in [9.17, 15) is 0 Å². The second kappa shape index (κ2) is 5.32. The number of aromatic nitrogens is 2. The van der Waals surface area contributed by atoms with Crippen LogP contribution in [0.3, 0.4) is 0 Å². The highest BCUT2D eigenvalue weighted by Crippen LogP contribution is 2.28. The van der Waals surface area contributed by atoms with Crippen LogP contribution in [-0.4, -0.2) is 16.7 Å². The molecule has 0 aliphatic heterocycles. The van der Waals surface area contributed by atoms with E-state index in [2.05, 4.69) is 36.4 Å². The molecule has 0 spiro atoms. The van der Waals surface area contributed by atoms with E-state index in [1.54, 1.807) is 0 Å². The van der Waals surface area contributed by atoms with Crippen molar-refractivity contribution in [2.45, 2.75) is 32.7 Å². The summed E-state index contributed by atoms with van der Waals surface area (Å²) in [6.07, 6.45) is 6.44. The zero-order valence-electron chi connectivity index (χ0n) is 10.9. The topological polar surface area (TPSA) is 29.3 Å². The van der Waals surface area contributed by atoms with E-state index < -0.39 is 0 Å². The third kappa shape index (κ3) is 2.34. The summed E-state index contributed by atoms with van der Waals surface area (Å²) >= 11 is 0. The van der Waals surface area contributed by atoms with Crippen molar-refractivity contribution in [1.29, 1.82) is 0 Å². The van der Waals surface area contributed by atoms with Crippen LogP contribution in [0.1, 0.15) is 38.3 Å². The van der Waals surface area contributed by atoms with E-state index in [4.69, 9.17) is 0 Å². The predicted octanol–water partition coefficient (Wildman–Crippen LogP) is 3.03. The van der Waals surface area contributed by atoms with Gasteiger partial charge in [0.25, 0.3) is 0 Å². The number of nitrogens with one attached hydrogen (secondary N) is 1. The van der Waals surface area contributed by atoms with Crippen LogP contribution in [0.4, 0.5) is 0 Å². The zero-order chi connectivity index (χ0) is 12.3. The standard InChI is InChI=1S/C14H21N3/c1-4-7-11(2)14(15-3)12-10-16-17-9-6-5-8-13(12)17/h5-6,8-11,14-15H,4,7H2,1-3H3. The first kappa shape index (κ1) is 12.1. The molecule has 92 valence electrons. The highest BCUT2D eigenvalue weighted by atomic mass is 15.2. The molecular formula is C14H21N3. The van der Waals surface area contributed by atoms with E-state index in [1.165, 1.54) is 23.9 Å². The minimum Gasteiger partial charge on any atom is -0.313 e. The third-order valence-corrected chi connectivity index (χ3v) is 3.42. The van der Waals surface area contributed by atoms with Gasteiger partial charge in [0.2, 0.25) is 0 Å². The molecule has 2 aromatic heterocycles. The molecule has 17 heavy (non-hydrogen) atoms. The van der Waals surface area contributed by atoms with Gasteiger partial charge in [-0.15, -0.1) is 0 Å². The first-order valence-electron chi connectivity index (χ1n) is 6.37. The number of hydrogen-bond donors (Lipinski definition) is 1. The molecular weight excluding hydrogens is 210 g/mol. The van der Waals surface area contributed by atoms with Crippen molar-refractivity contribution in [3.8, 4) is 0 Å². The lowest BCUT2D eigenvalue weighted by Crippen LogP contribution is -2.23. The SMILES string of the molecule is CCCC(C)C(NC)c1cnn2ccccc12. The molecule has 0 radical (unpaired) electrons. The fourth-order valence-corrected chi connectivity index (χ4v) is 2.56. The predicted molar refractivity (Wildman–Crippen MR) is 71.1 cm³/mol.